The van der Waals surface area contributed by atoms with Crippen molar-refractivity contribution < 1.29 is 14.3 Å². The van der Waals surface area contributed by atoms with Crippen molar-refractivity contribution in [2.24, 2.45) is 0 Å². The molecule has 0 saturated heterocycles. The van der Waals surface area contributed by atoms with Crippen molar-refractivity contribution >= 4 is 23.6 Å². The fourth-order valence-corrected chi connectivity index (χ4v) is 2.96. The highest BCUT2D eigenvalue weighted by molar-refractivity contribution is 7.99. The van der Waals surface area contributed by atoms with Gasteiger partial charge in [-0.2, -0.15) is 0 Å². The Morgan fingerprint density at radius 1 is 1.12 bits per heavy atom. The zero-order valence-electron chi connectivity index (χ0n) is 14.1. The highest BCUT2D eigenvalue weighted by Crippen LogP contribution is 2.18. The predicted molar refractivity (Wildman–Crippen MR) is 97.3 cm³/mol. The van der Waals surface area contributed by atoms with Crippen LogP contribution in [0.5, 0.6) is 0 Å². The molecule has 1 aliphatic heterocycles. The number of pyridine rings is 1. The molecular weight excluding hydrogens is 352 g/mol. The molecule has 7 nitrogen and oxygen atoms in total. The van der Waals surface area contributed by atoms with Crippen LogP contribution >= 0.6 is 11.8 Å². The number of hydrogen-bond acceptors (Lipinski definition) is 7. The van der Waals surface area contributed by atoms with Crippen LogP contribution in [-0.4, -0.2) is 57.2 Å². The van der Waals surface area contributed by atoms with Crippen LogP contribution < -0.4 is 0 Å². The Kier molecular flexibility index (Phi) is 6.32. The predicted octanol–water partition coefficient (Wildman–Crippen LogP) is 1.96. The molecule has 0 aromatic carbocycles. The van der Waals surface area contributed by atoms with Gasteiger partial charge in [-0.15, -0.1) is 0 Å². The lowest BCUT2D eigenvalue weighted by atomic mass is 10.2. The SMILES string of the molecule is O=C(CSc1nccc(-c2ccccn2)n1)OCC(=O)N1CC=CCC1. The molecule has 0 saturated carbocycles. The largest absolute Gasteiger partial charge is 0.455 e. The van der Waals surface area contributed by atoms with Gasteiger partial charge in [0.05, 0.1) is 17.1 Å². The van der Waals surface area contributed by atoms with Crippen LogP contribution in [0.2, 0.25) is 0 Å². The number of aromatic nitrogens is 3. The second-order valence-corrected chi connectivity index (χ2v) is 6.43. The minimum absolute atomic E-state index is 0.0405. The Labute approximate surface area is 155 Å². The normalized spacial score (nSPS) is 13.5. The summed E-state index contributed by atoms with van der Waals surface area (Å²) in [5.74, 6) is -0.609. The third kappa shape index (κ3) is 5.13. The molecule has 2 aromatic heterocycles. The summed E-state index contributed by atoms with van der Waals surface area (Å²) in [6, 6.07) is 7.32. The van der Waals surface area contributed by atoms with Crippen molar-refractivity contribution in [3.63, 3.8) is 0 Å². The summed E-state index contributed by atoms with van der Waals surface area (Å²) in [4.78, 5) is 38.2. The number of rotatable bonds is 6. The first kappa shape index (κ1) is 18.1. The van der Waals surface area contributed by atoms with Gasteiger partial charge in [-0.1, -0.05) is 30.0 Å². The summed E-state index contributed by atoms with van der Waals surface area (Å²) >= 11 is 1.16. The number of carbonyl (C=O) groups excluding carboxylic acids is 2. The zero-order chi connectivity index (χ0) is 18.2. The van der Waals surface area contributed by atoms with Crippen LogP contribution in [0, 0.1) is 0 Å². The molecule has 1 aliphatic rings. The summed E-state index contributed by atoms with van der Waals surface area (Å²) in [5.41, 5.74) is 1.42. The molecule has 0 atom stereocenters. The molecule has 134 valence electrons. The van der Waals surface area contributed by atoms with Gasteiger partial charge in [0, 0.05) is 25.5 Å². The average molecular weight is 370 g/mol. The van der Waals surface area contributed by atoms with Crippen LogP contribution in [0.4, 0.5) is 0 Å². The monoisotopic (exact) mass is 370 g/mol. The Morgan fingerprint density at radius 3 is 2.81 bits per heavy atom. The van der Waals surface area contributed by atoms with E-state index in [2.05, 4.69) is 15.0 Å². The first-order valence-corrected chi connectivity index (χ1v) is 9.16. The first-order valence-electron chi connectivity index (χ1n) is 8.18. The maximum absolute atomic E-state index is 12.0. The van der Waals surface area contributed by atoms with E-state index in [1.165, 1.54) is 0 Å². The van der Waals surface area contributed by atoms with Crippen molar-refractivity contribution in [2.75, 3.05) is 25.4 Å². The summed E-state index contributed by atoms with van der Waals surface area (Å²) in [6.45, 7) is 0.997. The maximum Gasteiger partial charge on any atom is 0.316 e. The van der Waals surface area contributed by atoms with Gasteiger partial charge in [-0.25, -0.2) is 9.97 Å². The van der Waals surface area contributed by atoms with Crippen molar-refractivity contribution in [3.05, 3.63) is 48.8 Å². The highest BCUT2D eigenvalue weighted by atomic mass is 32.2. The average Bonchev–Trinajstić information content (AvgIpc) is 2.72. The Bertz CT molecular complexity index is 798. The highest BCUT2D eigenvalue weighted by Gasteiger charge is 2.16. The van der Waals surface area contributed by atoms with E-state index in [4.69, 9.17) is 4.74 Å². The molecule has 3 rings (SSSR count). The second kappa shape index (κ2) is 9.10. The minimum Gasteiger partial charge on any atom is -0.455 e. The first-order chi connectivity index (χ1) is 12.7. The molecule has 0 radical (unpaired) electrons. The van der Waals surface area contributed by atoms with E-state index in [9.17, 15) is 9.59 Å². The zero-order valence-corrected chi connectivity index (χ0v) is 14.9. The number of nitrogens with zero attached hydrogens (tertiary/aromatic N) is 4. The number of carbonyl (C=O) groups is 2. The van der Waals surface area contributed by atoms with E-state index in [0.717, 1.165) is 23.9 Å². The van der Waals surface area contributed by atoms with Crippen LogP contribution in [-0.2, 0) is 14.3 Å². The Hall–Kier alpha value is -2.74. The molecule has 0 fully saturated rings. The van der Waals surface area contributed by atoms with Crippen LogP contribution in [0.25, 0.3) is 11.4 Å². The van der Waals surface area contributed by atoms with Crippen molar-refractivity contribution in [1.29, 1.82) is 0 Å². The molecular formula is C18H18N4O3S. The molecule has 0 unspecified atom stereocenters. The topological polar surface area (TPSA) is 85.3 Å². The van der Waals surface area contributed by atoms with Gasteiger partial charge in [0.25, 0.3) is 5.91 Å². The fourth-order valence-electron chi connectivity index (χ4n) is 2.33. The van der Waals surface area contributed by atoms with Gasteiger partial charge in [-0.05, 0) is 24.6 Å². The summed E-state index contributed by atoms with van der Waals surface area (Å²) in [7, 11) is 0. The lowest BCUT2D eigenvalue weighted by molar-refractivity contribution is -0.149. The molecule has 2 aromatic rings. The molecule has 8 heteroatoms. The quantitative estimate of drug-likeness (QED) is 0.332. The Morgan fingerprint density at radius 2 is 2.04 bits per heavy atom. The number of hydrogen-bond donors (Lipinski definition) is 0. The van der Waals surface area contributed by atoms with Gasteiger partial charge in [0.2, 0.25) is 0 Å². The van der Waals surface area contributed by atoms with Gasteiger partial charge in [0.1, 0.15) is 0 Å². The summed E-state index contributed by atoms with van der Waals surface area (Å²) in [5, 5.41) is 0.456. The Balaban J connectivity index is 1.47. The van der Waals surface area contributed by atoms with Crippen molar-refractivity contribution in [2.45, 2.75) is 11.6 Å². The van der Waals surface area contributed by atoms with E-state index in [0.29, 0.717) is 23.9 Å². The number of esters is 1. The minimum atomic E-state index is -0.470. The second-order valence-electron chi connectivity index (χ2n) is 5.49. The molecule has 3 heterocycles. The number of ether oxygens (including phenoxy) is 1. The summed E-state index contributed by atoms with van der Waals surface area (Å²) in [6.07, 6.45) is 8.12. The van der Waals surface area contributed by atoms with Crippen molar-refractivity contribution in [1.82, 2.24) is 19.9 Å². The molecule has 0 aliphatic carbocycles. The smallest absolute Gasteiger partial charge is 0.316 e. The van der Waals surface area contributed by atoms with Gasteiger partial charge < -0.3 is 9.64 Å². The lowest BCUT2D eigenvalue weighted by Crippen LogP contribution is -2.37. The lowest BCUT2D eigenvalue weighted by Gasteiger charge is -2.22. The molecule has 0 spiro atoms. The molecule has 26 heavy (non-hydrogen) atoms. The van der Waals surface area contributed by atoms with Crippen molar-refractivity contribution in [3.8, 4) is 11.4 Å². The molecule has 0 N–H and O–H groups in total. The van der Waals surface area contributed by atoms with Gasteiger partial charge in [-0.3, -0.25) is 14.6 Å². The number of thioether (sulfide) groups is 1. The fraction of sp³-hybridized carbons (Fsp3) is 0.278. The number of amides is 1. The molecule has 0 bridgehead atoms. The van der Waals surface area contributed by atoms with Crippen LogP contribution in [0.1, 0.15) is 6.42 Å². The van der Waals surface area contributed by atoms with Gasteiger partial charge in [0.15, 0.2) is 11.8 Å². The van der Waals surface area contributed by atoms with Crippen LogP contribution in [0.3, 0.4) is 0 Å². The van der Waals surface area contributed by atoms with E-state index < -0.39 is 5.97 Å². The third-order valence-corrected chi connectivity index (χ3v) is 4.48. The van der Waals surface area contributed by atoms with Crippen LogP contribution in [0.15, 0.2) is 54.0 Å². The third-order valence-electron chi connectivity index (χ3n) is 3.65. The van der Waals surface area contributed by atoms with E-state index >= 15 is 0 Å². The summed E-state index contributed by atoms with van der Waals surface area (Å²) < 4.78 is 5.05. The molecule has 1 amide bonds. The standard InChI is InChI=1S/C18H18N4O3S/c23-16(22-10-4-1-5-11-22)12-25-17(24)13-26-18-20-9-7-15(21-18)14-6-2-3-8-19-14/h1-4,6-9H,5,10-13H2. The van der Waals surface area contributed by atoms with E-state index in [1.807, 2.05) is 30.4 Å². The maximum atomic E-state index is 12.0. The van der Waals surface area contributed by atoms with Gasteiger partial charge >= 0.3 is 5.97 Å². The van der Waals surface area contributed by atoms with E-state index in [1.54, 1.807) is 23.4 Å². The van der Waals surface area contributed by atoms with E-state index in [-0.39, 0.29) is 18.3 Å².